The molecule has 0 saturated heterocycles. The molecule has 0 aliphatic heterocycles. The van der Waals surface area contributed by atoms with Gasteiger partial charge in [0.05, 0.1) is 0 Å². The van der Waals surface area contributed by atoms with E-state index in [-0.39, 0.29) is 39.0 Å². The standard InChI is InChI=1S/C18H36O2.C3H6O2.Zr/c1-2-3-4-5-6-7-8-9-10-11-12-13-14-15-16-17-18(19)20;1-2-3(4)5;/h2-17H2,1H3,(H,19,20);2H2,1H3,(H,4,5);/q;;+2/p-2. The summed E-state index contributed by atoms with van der Waals surface area (Å²) < 4.78 is 0. The van der Waals surface area contributed by atoms with Gasteiger partial charge in [-0.05, 0) is 19.3 Å². The van der Waals surface area contributed by atoms with Crippen LogP contribution in [0.1, 0.15) is 123 Å². The number of carbonyl (C=O) groups excluding carboxylic acids is 2. The molecule has 4 nitrogen and oxygen atoms in total. The van der Waals surface area contributed by atoms with E-state index in [4.69, 9.17) is 0 Å². The number of carboxylic acids is 2. The maximum atomic E-state index is 10.2. The molecule has 0 aromatic carbocycles. The van der Waals surface area contributed by atoms with Crippen molar-refractivity contribution in [2.75, 3.05) is 0 Å². The summed E-state index contributed by atoms with van der Waals surface area (Å²) in [4.78, 5) is 19.5. The molecule has 152 valence electrons. The average Bonchev–Trinajstić information content (AvgIpc) is 2.58. The zero-order valence-corrected chi connectivity index (χ0v) is 19.6. The van der Waals surface area contributed by atoms with Crippen molar-refractivity contribution in [3.8, 4) is 0 Å². The third kappa shape index (κ3) is 35.0. The first-order valence-corrected chi connectivity index (χ1v) is 10.4. The predicted molar refractivity (Wildman–Crippen MR) is 99.9 cm³/mol. The van der Waals surface area contributed by atoms with Gasteiger partial charge in [-0.2, -0.15) is 0 Å². The Hall–Kier alpha value is -0.177. The minimum atomic E-state index is -0.995. The van der Waals surface area contributed by atoms with E-state index in [9.17, 15) is 19.8 Å². The van der Waals surface area contributed by atoms with Crippen LogP contribution in [-0.4, -0.2) is 11.9 Å². The molecule has 0 spiro atoms. The smallest absolute Gasteiger partial charge is 0.550 e. The Morgan fingerprint density at radius 1 is 0.538 bits per heavy atom. The Morgan fingerprint density at radius 3 is 1.04 bits per heavy atom. The summed E-state index contributed by atoms with van der Waals surface area (Å²) in [6.45, 7) is 3.80. The van der Waals surface area contributed by atoms with Crippen LogP contribution in [0.5, 0.6) is 0 Å². The summed E-state index contributed by atoms with van der Waals surface area (Å²) in [5, 5.41) is 19.5. The van der Waals surface area contributed by atoms with Gasteiger partial charge < -0.3 is 19.8 Å². The number of hydrogen-bond donors (Lipinski definition) is 0. The molecule has 0 unspecified atom stereocenters. The monoisotopic (exact) mass is 446 g/mol. The zero-order chi connectivity index (χ0) is 19.2. The predicted octanol–water partition coefficient (Wildman–Crippen LogP) is 4.14. The van der Waals surface area contributed by atoms with Crippen LogP contribution in [0, 0.1) is 0 Å². The fraction of sp³-hybridized carbons (Fsp3) is 0.905. The van der Waals surface area contributed by atoms with E-state index in [1.54, 1.807) is 0 Å². The van der Waals surface area contributed by atoms with Crippen molar-refractivity contribution in [1.29, 1.82) is 0 Å². The Morgan fingerprint density at radius 2 is 0.808 bits per heavy atom. The van der Waals surface area contributed by atoms with Crippen LogP contribution in [0.25, 0.3) is 0 Å². The molecule has 0 saturated carbocycles. The second-order valence-electron chi connectivity index (χ2n) is 6.80. The summed E-state index contributed by atoms with van der Waals surface area (Å²) in [5.41, 5.74) is 0. The number of aliphatic carboxylic acids is 2. The summed E-state index contributed by atoms with van der Waals surface area (Å²) in [5.74, 6) is -1.90. The molecule has 0 bridgehead atoms. The van der Waals surface area contributed by atoms with Crippen molar-refractivity contribution in [2.24, 2.45) is 0 Å². The van der Waals surface area contributed by atoms with Crippen molar-refractivity contribution in [2.45, 2.75) is 123 Å². The molecular formula is C21H40O4Zr. The number of unbranched alkanes of at least 4 members (excludes halogenated alkanes) is 14. The average molecular weight is 448 g/mol. The minimum Gasteiger partial charge on any atom is -0.550 e. The molecular weight excluding hydrogens is 407 g/mol. The van der Waals surface area contributed by atoms with E-state index in [1.165, 1.54) is 90.4 Å². The van der Waals surface area contributed by atoms with Gasteiger partial charge in [0, 0.05) is 11.9 Å². The molecule has 0 amide bonds. The van der Waals surface area contributed by atoms with Crippen molar-refractivity contribution >= 4 is 11.9 Å². The topological polar surface area (TPSA) is 80.3 Å². The first kappa shape index (κ1) is 30.5. The van der Waals surface area contributed by atoms with E-state index < -0.39 is 11.9 Å². The van der Waals surface area contributed by atoms with Gasteiger partial charge in [0.25, 0.3) is 0 Å². The summed E-state index contributed by atoms with van der Waals surface area (Å²) in [6.07, 6.45) is 20.0. The molecule has 26 heavy (non-hydrogen) atoms. The molecule has 0 heterocycles. The van der Waals surface area contributed by atoms with Crippen LogP contribution in [0.3, 0.4) is 0 Å². The Kier molecular flexibility index (Phi) is 31.8. The molecule has 0 aromatic heterocycles. The number of carboxylic acid groups (broad SMARTS) is 2. The third-order valence-electron chi connectivity index (χ3n) is 4.27. The quantitative estimate of drug-likeness (QED) is 0.314. The van der Waals surface area contributed by atoms with Crippen molar-refractivity contribution < 1.29 is 46.0 Å². The van der Waals surface area contributed by atoms with Crippen molar-refractivity contribution in [3.63, 3.8) is 0 Å². The van der Waals surface area contributed by atoms with E-state index >= 15 is 0 Å². The Labute approximate surface area is 180 Å². The molecule has 0 aliphatic rings. The first-order chi connectivity index (χ1) is 12.0. The second-order valence-corrected chi connectivity index (χ2v) is 6.80. The van der Waals surface area contributed by atoms with Gasteiger partial charge in [-0.25, -0.2) is 0 Å². The summed E-state index contributed by atoms with van der Waals surface area (Å²) >= 11 is 0. The fourth-order valence-electron chi connectivity index (χ4n) is 2.64. The molecule has 0 radical (unpaired) electrons. The van der Waals surface area contributed by atoms with Crippen molar-refractivity contribution in [1.82, 2.24) is 0 Å². The van der Waals surface area contributed by atoms with Crippen LogP contribution >= 0.6 is 0 Å². The Balaban J connectivity index is -0.000000772. The van der Waals surface area contributed by atoms with E-state index in [0.29, 0.717) is 0 Å². The second kappa shape index (κ2) is 27.0. The van der Waals surface area contributed by atoms with Crippen molar-refractivity contribution in [3.05, 3.63) is 0 Å². The maximum absolute atomic E-state index is 10.2. The SMILES string of the molecule is CCC(=O)[O-].CCCCCCCCCCCCCCCCCC(=O)[O-].[Zr+2]. The van der Waals surface area contributed by atoms with E-state index in [0.717, 1.165) is 12.8 Å². The molecule has 0 aliphatic carbocycles. The van der Waals surface area contributed by atoms with Crippen LogP contribution in [0.4, 0.5) is 0 Å². The van der Waals surface area contributed by atoms with Gasteiger partial charge in [-0.3, -0.25) is 0 Å². The van der Waals surface area contributed by atoms with Crippen LogP contribution in [0.15, 0.2) is 0 Å². The van der Waals surface area contributed by atoms with Crippen LogP contribution in [-0.2, 0) is 35.8 Å². The molecule has 0 atom stereocenters. The largest absolute Gasteiger partial charge is 2.00 e. The van der Waals surface area contributed by atoms with Crippen LogP contribution in [0.2, 0.25) is 0 Å². The number of hydrogen-bond acceptors (Lipinski definition) is 4. The molecule has 5 heteroatoms. The normalized spacial score (nSPS) is 9.77. The molecule has 0 fully saturated rings. The van der Waals surface area contributed by atoms with Gasteiger partial charge in [-0.15, -0.1) is 0 Å². The van der Waals surface area contributed by atoms with Gasteiger partial charge in [0.15, 0.2) is 0 Å². The summed E-state index contributed by atoms with van der Waals surface area (Å²) in [6, 6.07) is 0. The number of carbonyl (C=O) groups is 2. The molecule has 0 N–H and O–H groups in total. The third-order valence-corrected chi connectivity index (χ3v) is 4.27. The minimum absolute atomic E-state index is 0. The zero-order valence-electron chi connectivity index (χ0n) is 17.2. The van der Waals surface area contributed by atoms with E-state index in [1.807, 2.05) is 0 Å². The van der Waals surface area contributed by atoms with Gasteiger partial charge >= 0.3 is 26.2 Å². The van der Waals surface area contributed by atoms with Crippen LogP contribution < -0.4 is 10.2 Å². The maximum Gasteiger partial charge on any atom is 2.00 e. The first-order valence-electron chi connectivity index (χ1n) is 10.4. The molecule has 0 aromatic rings. The van der Waals surface area contributed by atoms with Gasteiger partial charge in [0.1, 0.15) is 0 Å². The van der Waals surface area contributed by atoms with Gasteiger partial charge in [0.2, 0.25) is 0 Å². The van der Waals surface area contributed by atoms with E-state index in [2.05, 4.69) is 6.92 Å². The fourth-order valence-corrected chi connectivity index (χ4v) is 2.64. The van der Waals surface area contributed by atoms with Gasteiger partial charge in [-0.1, -0.05) is 104 Å². The molecule has 0 rings (SSSR count). The summed E-state index contributed by atoms with van der Waals surface area (Å²) in [7, 11) is 0. The number of rotatable bonds is 17. The Bertz CT molecular complexity index is 296.